The summed E-state index contributed by atoms with van der Waals surface area (Å²) in [5.41, 5.74) is 8.94. The predicted molar refractivity (Wildman–Crippen MR) is 55.8 cm³/mol. The number of carboxylic acids is 1. The molecule has 5 nitrogen and oxygen atoms in total. The van der Waals surface area contributed by atoms with E-state index in [-0.39, 0.29) is 11.8 Å². The van der Waals surface area contributed by atoms with Crippen LogP contribution in [0.3, 0.4) is 0 Å². The first-order valence-electron chi connectivity index (χ1n) is 3.85. The van der Waals surface area contributed by atoms with Gasteiger partial charge in [0.1, 0.15) is 5.82 Å². The topological polar surface area (TPSA) is 113 Å². The maximum absolute atomic E-state index is 11.9. The first-order valence-corrected chi connectivity index (χ1v) is 3.85. The van der Waals surface area contributed by atoms with Crippen molar-refractivity contribution in [2.24, 2.45) is 11.5 Å². The fraction of sp³-hybridized carbons (Fsp3) is 0.111. The third-order valence-corrected chi connectivity index (χ3v) is 0.733. The maximum Gasteiger partial charge on any atom is 0.300 e. The van der Waals surface area contributed by atoms with E-state index in [2.05, 4.69) is 11.5 Å². The molecule has 0 atom stereocenters. The van der Waals surface area contributed by atoms with Crippen molar-refractivity contribution in [3.63, 3.8) is 0 Å². The number of benzene rings is 1. The summed E-state index contributed by atoms with van der Waals surface area (Å²) >= 11 is 0. The minimum atomic E-state index is -0.833. The summed E-state index contributed by atoms with van der Waals surface area (Å²) < 4.78 is 11.9. The lowest BCUT2D eigenvalue weighted by molar-refractivity contribution is -0.134. The fourth-order valence-corrected chi connectivity index (χ4v) is 0.415. The molecular weight excluding hydrogens is 201 g/mol. The Labute approximate surface area is 87.0 Å². The average molecular weight is 215 g/mol. The summed E-state index contributed by atoms with van der Waals surface area (Å²) in [6, 6.07) is 7.94. The molecule has 6 heteroatoms. The zero-order valence-electron chi connectivity index (χ0n) is 8.27. The molecule has 0 radical (unpaired) electrons. The molecule has 0 saturated heterocycles. The van der Waals surface area contributed by atoms with Crippen LogP contribution in [0.4, 0.5) is 4.39 Å². The van der Waals surface area contributed by atoms with Crippen LogP contribution >= 0.6 is 0 Å². The highest BCUT2D eigenvalue weighted by Gasteiger charge is 1.77. The first-order chi connectivity index (χ1) is 6.86. The lowest BCUT2D eigenvalue weighted by Crippen LogP contribution is -2.20. The van der Waals surface area contributed by atoms with Gasteiger partial charge in [-0.25, -0.2) is 4.39 Å². The molecular formula is C9H14FN3O2. The summed E-state index contributed by atoms with van der Waals surface area (Å²) in [6.07, 6.45) is 0. The Morgan fingerprint density at radius 1 is 1.33 bits per heavy atom. The summed E-state index contributed by atoms with van der Waals surface area (Å²) in [4.78, 5) is 9.00. The van der Waals surface area contributed by atoms with Crippen molar-refractivity contribution in [1.29, 1.82) is 5.41 Å². The number of nitrogens with one attached hydrogen (secondary N) is 1. The molecule has 0 saturated carbocycles. The molecule has 0 spiro atoms. The van der Waals surface area contributed by atoms with Crippen molar-refractivity contribution in [3.05, 3.63) is 36.1 Å². The van der Waals surface area contributed by atoms with Crippen molar-refractivity contribution in [1.82, 2.24) is 0 Å². The van der Waals surface area contributed by atoms with E-state index in [1.165, 1.54) is 12.1 Å². The van der Waals surface area contributed by atoms with Gasteiger partial charge in [-0.2, -0.15) is 0 Å². The van der Waals surface area contributed by atoms with Gasteiger partial charge in [-0.05, 0) is 12.1 Å². The monoisotopic (exact) mass is 215 g/mol. The third kappa shape index (κ3) is 33.5. The predicted octanol–water partition coefficient (Wildman–Crippen LogP) is 0.755. The largest absolute Gasteiger partial charge is 0.481 e. The van der Waals surface area contributed by atoms with E-state index in [0.29, 0.717) is 0 Å². The minimum Gasteiger partial charge on any atom is -0.481 e. The van der Waals surface area contributed by atoms with E-state index in [1.54, 1.807) is 18.2 Å². The van der Waals surface area contributed by atoms with E-state index >= 15 is 0 Å². The quantitative estimate of drug-likeness (QED) is 0.378. The number of rotatable bonds is 0. The van der Waals surface area contributed by atoms with Gasteiger partial charge in [-0.3, -0.25) is 10.2 Å². The van der Waals surface area contributed by atoms with Crippen LogP contribution in [0.2, 0.25) is 0 Å². The smallest absolute Gasteiger partial charge is 0.300 e. The molecule has 0 amide bonds. The van der Waals surface area contributed by atoms with Gasteiger partial charge in [-0.1, -0.05) is 18.2 Å². The van der Waals surface area contributed by atoms with Gasteiger partial charge in [0.05, 0.1) is 0 Å². The summed E-state index contributed by atoms with van der Waals surface area (Å²) in [6.45, 7) is 1.08. The molecule has 1 aromatic rings. The summed E-state index contributed by atoms with van der Waals surface area (Å²) in [5.74, 6) is -1.34. The second kappa shape index (κ2) is 9.97. The zero-order valence-corrected chi connectivity index (χ0v) is 8.27. The van der Waals surface area contributed by atoms with E-state index in [9.17, 15) is 4.39 Å². The number of carbonyl (C=O) groups is 1. The van der Waals surface area contributed by atoms with E-state index in [1.807, 2.05) is 0 Å². The van der Waals surface area contributed by atoms with Crippen LogP contribution < -0.4 is 11.5 Å². The molecule has 0 heterocycles. The van der Waals surface area contributed by atoms with Crippen LogP contribution in [-0.2, 0) is 4.79 Å². The van der Waals surface area contributed by atoms with Crippen molar-refractivity contribution >= 4 is 11.9 Å². The number of guanidine groups is 1. The number of carboxylic acid groups (broad SMARTS) is 1. The van der Waals surface area contributed by atoms with E-state index in [4.69, 9.17) is 15.3 Å². The SMILES string of the molecule is CC(=O)O.Fc1ccccc1.N=C(N)N. The number of nitrogens with two attached hydrogens (primary N) is 2. The van der Waals surface area contributed by atoms with E-state index in [0.717, 1.165) is 6.92 Å². The average Bonchev–Trinajstić information content (AvgIpc) is 2.03. The summed E-state index contributed by atoms with van der Waals surface area (Å²) in [7, 11) is 0. The lowest BCUT2D eigenvalue weighted by Gasteiger charge is -1.78. The molecule has 0 aliphatic heterocycles. The molecule has 1 aromatic carbocycles. The summed E-state index contributed by atoms with van der Waals surface area (Å²) in [5, 5.41) is 13.5. The fourth-order valence-electron chi connectivity index (χ4n) is 0.415. The van der Waals surface area contributed by atoms with Gasteiger partial charge in [0, 0.05) is 6.92 Å². The van der Waals surface area contributed by atoms with Crippen molar-refractivity contribution in [3.8, 4) is 0 Å². The normalized spacial score (nSPS) is 7.33. The van der Waals surface area contributed by atoms with Crippen LogP contribution in [0.15, 0.2) is 30.3 Å². The molecule has 0 unspecified atom stereocenters. The van der Waals surface area contributed by atoms with Crippen LogP contribution in [0.25, 0.3) is 0 Å². The molecule has 1 rings (SSSR count). The molecule has 15 heavy (non-hydrogen) atoms. The number of halogens is 1. The Morgan fingerprint density at radius 2 is 1.60 bits per heavy atom. The second-order valence-electron chi connectivity index (χ2n) is 2.27. The lowest BCUT2D eigenvalue weighted by atomic mass is 10.4. The van der Waals surface area contributed by atoms with Gasteiger partial charge >= 0.3 is 0 Å². The van der Waals surface area contributed by atoms with Gasteiger partial charge < -0.3 is 16.6 Å². The van der Waals surface area contributed by atoms with Crippen LogP contribution in [-0.4, -0.2) is 17.0 Å². The van der Waals surface area contributed by atoms with Crippen LogP contribution in [0.1, 0.15) is 6.92 Å². The number of aliphatic carboxylic acids is 1. The molecule has 0 fully saturated rings. The van der Waals surface area contributed by atoms with Crippen molar-refractivity contribution in [2.45, 2.75) is 6.92 Å². The van der Waals surface area contributed by atoms with Crippen LogP contribution in [0.5, 0.6) is 0 Å². The second-order valence-corrected chi connectivity index (χ2v) is 2.27. The first kappa shape index (κ1) is 15.4. The van der Waals surface area contributed by atoms with Gasteiger partial charge in [-0.15, -0.1) is 0 Å². The van der Waals surface area contributed by atoms with Gasteiger partial charge in [0.15, 0.2) is 5.96 Å². The van der Waals surface area contributed by atoms with Crippen LogP contribution in [0, 0.1) is 11.2 Å². The number of hydrogen-bond acceptors (Lipinski definition) is 2. The highest BCUT2D eigenvalue weighted by atomic mass is 19.1. The Balaban J connectivity index is 0. The highest BCUT2D eigenvalue weighted by molar-refractivity contribution is 5.71. The van der Waals surface area contributed by atoms with Crippen molar-refractivity contribution in [2.75, 3.05) is 0 Å². The molecule has 0 aliphatic rings. The molecule has 0 bridgehead atoms. The van der Waals surface area contributed by atoms with Gasteiger partial charge in [0.2, 0.25) is 0 Å². The minimum absolute atomic E-state index is 0.178. The number of hydrogen-bond donors (Lipinski definition) is 4. The van der Waals surface area contributed by atoms with Gasteiger partial charge in [0.25, 0.3) is 5.97 Å². The maximum atomic E-state index is 11.9. The standard InChI is InChI=1S/C6H5F.C2H4O2.CH5N3/c7-6-4-2-1-3-5-6;1-2(3)4;2-1(3)4/h1-5H;1H3,(H,3,4);(H5,2,3,4). The zero-order chi connectivity index (χ0) is 12.3. The highest BCUT2D eigenvalue weighted by Crippen LogP contribution is 1.91. The molecule has 6 N–H and O–H groups in total. The Hall–Kier alpha value is -2.11. The van der Waals surface area contributed by atoms with Crippen molar-refractivity contribution < 1.29 is 14.3 Å². The third-order valence-electron chi connectivity index (χ3n) is 0.733. The molecule has 84 valence electrons. The molecule has 0 aromatic heterocycles. The Bertz CT molecular complexity index is 271. The Kier molecular flexibility index (Phi) is 10.2. The molecule has 0 aliphatic carbocycles. The Morgan fingerprint density at radius 3 is 1.73 bits per heavy atom. The van der Waals surface area contributed by atoms with E-state index < -0.39 is 5.97 Å².